The van der Waals surface area contributed by atoms with Crippen molar-refractivity contribution in [1.82, 2.24) is 0 Å². The summed E-state index contributed by atoms with van der Waals surface area (Å²) in [6, 6.07) is 22.2. The molecule has 1 N–H and O–H groups in total. The Hall–Kier alpha value is -2.59. The van der Waals surface area contributed by atoms with E-state index in [-0.39, 0.29) is 5.57 Å². The summed E-state index contributed by atoms with van der Waals surface area (Å²) in [6.07, 6.45) is 1.50. The van der Waals surface area contributed by atoms with Gasteiger partial charge >= 0.3 is 0 Å². The first-order valence-electron chi connectivity index (χ1n) is 8.81. The third-order valence-corrected chi connectivity index (χ3v) is 5.55. The molecule has 0 spiro atoms. The molecule has 0 atom stereocenters. The SMILES string of the molecule is N#C/C(=C\c1cc(Br)c(OCc2ccccc2)c(Br)c1)C(=O)Nc1ccccc1Cl. The molecule has 0 fully saturated rings. The lowest BCUT2D eigenvalue weighted by atomic mass is 10.1. The van der Waals surface area contributed by atoms with Gasteiger partial charge in [-0.3, -0.25) is 4.79 Å². The Labute approximate surface area is 196 Å². The standard InChI is InChI=1S/C23H15Br2ClN2O2/c24-18-11-16(12-19(25)22(18)30-14-15-6-2-1-3-7-15)10-17(13-27)23(29)28-21-9-5-4-8-20(21)26/h1-12H,14H2,(H,28,29)/b17-10+. The van der Waals surface area contributed by atoms with Gasteiger partial charge in [0, 0.05) is 0 Å². The highest BCUT2D eigenvalue weighted by Gasteiger charge is 2.13. The first kappa shape index (κ1) is 22.1. The zero-order valence-corrected chi connectivity index (χ0v) is 19.5. The molecule has 0 aliphatic carbocycles. The van der Waals surface area contributed by atoms with Crippen LogP contribution in [0.1, 0.15) is 11.1 Å². The van der Waals surface area contributed by atoms with Crippen molar-refractivity contribution in [2.45, 2.75) is 6.61 Å². The number of hydrogen-bond donors (Lipinski definition) is 1. The lowest BCUT2D eigenvalue weighted by Crippen LogP contribution is -2.13. The van der Waals surface area contributed by atoms with Crippen LogP contribution in [0.25, 0.3) is 6.08 Å². The van der Waals surface area contributed by atoms with E-state index in [1.165, 1.54) is 6.08 Å². The first-order valence-corrected chi connectivity index (χ1v) is 10.8. The molecule has 0 aliphatic heterocycles. The summed E-state index contributed by atoms with van der Waals surface area (Å²) >= 11 is 13.1. The predicted molar refractivity (Wildman–Crippen MR) is 126 cm³/mol. The van der Waals surface area contributed by atoms with Crippen LogP contribution in [0.4, 0.5) is 5.69 Å². The normalized spacial score (nSPS) is 10.9. The molecule has 7 heteroatoms. The van der Waals surface area contributed by atoms with Crippen molar-refractivity contribution in [3.8, 4) is 11.8 Å². The fraction of sp³-hybridized carbons (Fsp3) is 0.0435. The van der Waals surface area contributed by atoms with E-state index >= 15 is 0 Å². The van der Waals surface area contributed by atoms with Gasteiger partial charge in [0.2, 0.25) is 0 Å². The van der Waals surface area contributed by atoms with Crippen LogP contribution in [0.15, 0.2) is 81.2 Å². The van der Waals surface area contributed by atoms with Gasteiger partial charge in [-0.15, -0.1) is 0 Å². The van der Waals surface area contributed by atoms with Crippen LogP contribution in [0.2, 0.25) is 5.02 Å². The summed E-state index contributed by atoms with van der Waals surface area (Å²) < 4.78 is 7.30. The van der Waals surface area contributed by atoms with Crippen molar-refractivity contribution in [3.63, 3.8) is 0 Å². The summed E-state index contributed by atoms with van der Waals surface area (Å²) in [5.41, 5.74) is 2.10. The molecule has 3 aromatic carbocycles. The number of para-hydroxylation sites is 1. The topological polar surface area (TPSA) is 62.1 Å². The smallest absolute Gasteiger partial charge is 0.266 e. The lowest BCUT2D eigenvalue weighted by Gasteiger charge is -2.12. The minimum atomic E-state index is -0.540. The fourth-order valence-electron chi connectivity index (χ4n) is 2.60. The van der Waals surface area contributed by atoms with E-state index in [1.54, 1.807) is 36.4 Å². The third-order valence-electron chi connectivity index (χ3n) is 4.04. The van der Waals surface area contributed by atoms with Crippen molar-refractivity contribution in [1.29, 1.82) is 5.26 Å². The highest BCUT2D eigenvalue weighted by atomic mass is 79.9. The number of ether oxygens (including phenoxy) is 1. The molecule has 3 rings (SSSR count). The number of carbonyl (C=O) groups is 1. The molecule has 0 aromatic heterocycles. The number of benzene rings is 3. The summed E-state index contributed by atoms with van der Waals surface area (Å²) in [4.78, 5) is 12.5. The maximum atomic E-state index is 12.5. The van der Waals surface area contributed by atoms with Crippen LogP contribution in [-0.2, 0) is 11.4 Å². The van der Waals surface area contributed by atoms with Crippen LogP contribution >= 0.6 is 43.5 Å². The summed E-state index contributed by atoms with van der Waals surface area (Å²) in [7, 11) is 0. The van der Waals surface area contributed by atoms with Gasteiger partial charge in [-0.2, -0.15) is 5.26 Å². The van der Waals surface area contributed by atoms with Gasteiger partial charge in [-0.1, -0.05) is 54.1 Å². The Morgan fingerprint density at radius 1 is 1.07 bits per heavy atom. The number of halogens is 3. The average Bonchev–Trinajstić information content (AvgIpc) is 2.73. The molecule has 0 bridgehead atoms. The summed E-state index contributed by atoms with van der Waals surface area (Å²) in [6.45, 7) is 0.414. The van der Waals surface area contributed by atoms with E-state index in [0.29, 0.717) is 37.6 Å². The maximum absolute atomic E-state index is 12.5. The Morgan fingerprint density at radius 3 is 2.33 bits per heavy atom. The molecule has 0 radical (unpaired) electrons. The molecular formula is C23H15Br2ClN2O2. The zero-order valence-electron chi connectivity index (χ0n) is 15.5. The molecule has 0 unspecified atom stereocenters. The largest absolute Gasteiger partial charge is 0.487 e. The van der Waals surface area contributed by atoms with Gasteiger partial charge in [-0.25, -0.2) is 0 Å². The molecule has 30 heavy (non-hydrogen) atoms. The predicted octanol–water partition coefficient (Wildman–Crippen LogP) is 6.99. The zero-order chi connectivity index (χ0) is 21.5. The van der Waals surface area contributed by atoms with Crippen LogP contribution in [0, 0.1) is 11.3 Å². The van der Waals surface area contributed by atoms with E-state index in [2.05, 4.69) is 37.2 Å². The van der Waals surface area contributed by atoms with Crippen molar-refractivity contribution in [2.75, 3.05) is 5.32 Å². The first-order chi connectivity index (χ1) is 14.5. The Balaban J connectivity index is 1.79. The Kier molecular flexibility index (Phi) is 7.69. The number of nitrogens with one attached hydrogen (secondary N) is 1. The number of nitrogens with zero attached hydrogens (tertiary/aromatic N) is 1. The second kappa shape index (κ2) is 10.4. The fourth-order valence-corrected chi connectivity index (χ4v) is 4.23. The van der Waals surface area contributed by atoms with Gasteiger partial charge in [0.05, 0.1) is 19.7 Å². The molecule has 0 saturated carbocycles. The third kappa shape index (κ3) is 5.73. The van der Waals surface area contributed by atoms with E-state index < -0.39 is 5.91 Å². The number of amides is 1. The number of nitriles is 1. The highest BCUT2D eigenvalue weighted by Crippen LogP contribution is 2.36. The minimum absolute atomic E-state index is 0.0494. The molecule has 1 amide bonds. The second-order valence-corrected chi connectivity index (χ2v) is 8.31. The molecule has 0 saturated heterocycles. The summed E-state index contributed by atoms with van der Waals surface area (Å²) in [5.74, 6) is 0.0947. The van der Waals surface area contributed by atoms with Crippen LogP contribution in [-0.4, -0.2) is 5.91 Å². The van der Waals surface area contributed by atoms with Gasteiger partial charge in [0.15, 0.2) is 0 Å². The quantitative estimate of drug-likeness (QED) is 0.268. The molecule has 4 nitrogen and oxygen atoms in total. The summed E-state index contributed by atoms with van der Waals surface area (Å²) in [5, 5.41) is 12.5. The Bertz CT molecular complexity index is 1120. The van der Waals surface area contributed by atoms with Crippen LogP contribution in [0.3, 0.4) is 0 Å². The second-order valence-electron chi connectivity index (χ2n) is 6.19. The van der Waals surface area contributed by atoms with Gasteiger partial charge < -0.3 is 10.1 Å². The number of carbonyl (C=O) groups excluding carboxylic acids is 1. The number of hydrogen-bond acceptors (Lipinski definition) is 3. The van der Waals surface area contributed by atoms with Crippen molar-refractivity contribution < 1.29 is 9.53 Å². The highest BCUT2D eigenvalue weighted by molar-refractivity contribution is 9.11. The van der Waals surface area contributed by atoms with E-state index in [1.807, 2.05) is 36.4 Å². The number of anilines is 1. The van der Waals surface area contributed by atoms with Gasteiger partial charge in [0.25, 0.3) is 5.91 Å². The van der Waals surface area contributed by atoms with Crippen LogP contribution < -0.4 is 10.1 Å². The number of rotatable bonds is 6. The monoisotopic (exact) mass is 544 g/mol. The van der Waals surface area contributed by atoms with E-state index in [4.69, 9.17) is 16.3 Å². The molecule has 150 valence electrons. The average molecular weight is 547 g/mol. The van der Waals surface area contributed by atoms with Crippen LogP contribution in [0.5, 0.6) is 5.75 Å². The lowest BCUT2D eigenvalue weighted by molar-refractivity contribution is -0.112. The van der Waals surface area contributed by atoms with E-state index in [0.717, 1.165) is 5.56 Å². The minimum Gasteiger partial charge on any atom is -0.487 e. The van der Waals surface area contributed by atoms with Gasteiger partial charge in [-0.05, 0) is 73.3 Å². The molecule has 3 aromatic rings. The van der Waals surface area contributed by atoms with Crippen molar-refractivity contribution in [3.05, 3.63) is 97.4 Å². The molecule has 0 heterocycles. The van der Waals surface area contributed by atoms with Gasteiger partial charge in [0.1, 0.15) is 24.0 Å². The van der Waals surface area contributed by atoms with E-state index in [9.17, 15) is 10.1 Å². The van der Waals surface area contributed by atoms with Crippen molar-refractivity contribution >= 4 is 61.1 Å². The Morgan fingerprint density at radius 2 is 1.70 bits per heavy atom. The van der Waals surface area contributed by atoms with Crippen molar-refractivity contribution in [2.24, 2.45) is 0 Å². The maximum Gasteiger partial charge on any atom is 0.266 e. The molecular weight excluding hydrogens is 532 g/mol. The molecule has 0 aliphatic rings.